The van der Waals surface area contributed by atoms with Crippen molar-refractivity contribution >= 4 is 33.0 Å². The Morgan fingerprint density at radius 2 is 1.77 bits per heavy atom. The third-order valence-corrected chi connectivity index (χ3v) is 9.93. The van der Waals surface area contributed by atoms with Gasteiger partial charge in [-0.2, -0.15) is 14.1 Å². The first-order valence-corrected chi connectivity index (χ1v) is 15.4. The molecule has 3 heterocycles. The maximum absolute atomic E-state index is 13.7. The number of nitrogens with zero attached hydrogens (tertiary/aromatic N) is 5. The Kier molecular flexibility index (Phi) is 7.37. The van der Waals surface area contributed by atoms with Crippen LogP contribution < -0.4 is 24.8 Å². The molecule has 40 heavy (non-hydrogen) atoms. The lowest BCUT2D eigenvalue weighted by atomic mass is 10.2. The SMILES string of the molecule is CN1CCOc2cc(S(=O)(=O)N3CCN(c4cnn(-c5cccc(Cl)c5)c(=O)c4OC4CCCC4)CC3)ccc21. The monoisotopic (exact) mass is 585 g/mol. The molecule has 2 fully saturated rings. The van der Waals surface area contributed by atoms with Gasteiger partial charge in [0.15, 0.2) is 0 Å². The maximum Gasteiger partial charge on any atom is 0.316 e. The van der Waals surface area contributed by atoms with E-state index in [2.05, 4.69) is 5.10 Å². The molecular formula is C28H32ClN5O5S. The number of hydrogen-bond acceptors (Lipinski definition) is 8. The van der Waals surface area contributed by atoms with Gasteiger partial charge in [-0.05, 0) is 56.0 Å². The smallest absolute Gasteiger partial charge is 0.316 e. The number of rotatable bonds is 6. The summed E-state index contributed by atoms with van der Waals surface area (Å²) < 4.78 is 41.9. The second kappa shape index (κ2) is 10.9. The van der Waals surface area contributed by atoms with Gasteiger partial charge >= 0.3 is 5.56 Å². The lowest BCUT2D eigenvalue weighted by Gasteiger charge is -2.36. The summed E-state index contributed by atoms with van der Waals surface area (Å²) in [5, 5.41) is 4.94. The van der Waals surface area contributed by atoms with Crippen molar-refractivity contribution in [1.82, 2.24) is 14.1 Å². The molecule has 1 saturated heterocycles. The van der Waals surface area contributed by atoms with Gasteiger partial charge in [-0.3, -0.25) is 4.79 Å². The van der Waals surface area contributed by atoms with Crippen LogP contribution in [-0.4, -0.2) is 75.0 Å². The van der Waals surface area contributed by atoms with Gasteiger partial charge in [0.05, 0.1) is 35.1 Å². The van der Waals surface area contributed by atoms with Crippen LogP contribution >= 0.6 is 11.6 Å². The standard InChI is InChI=1S/C28H32ClN5O5S/c1-31-15-16-38-26-18-23(9-10-24(26)31)40(36,37)33-13-11-32(12-14-33)25-19-30-34(21-6-4-5-20(29)17-21)28(35)27(25)39-22-7-2-3-8-22/h4-6,9-10,17-19,22H,2-3,7-8,11-16H2,1H3. The summed E-state index contributed by atoms with van der Waals surface area (Å²) in [6.45, 7) is 2.59. The van der Waals surface area contributed by atoms with E-state index < -0.39 is 10.0 Å². The molecule has 3 aliphatic rings. The Morgan fingerprint density at radius 1 is 1.00 bits per heavy atom. The van der Waals surface area contributed by atoms with Gasteiger partial charge in [-0.25, -0.2) is 8.42 Å². The lowest BCUT2D eigenvalue weighted by Crippen LogP contribution is -2.49. The zero-order valence-corrected chi connectivity index (χ0v) is 23.9. The number of benzene rings is 2. The average molecular weight is 586 g/mol. The Balaban J connectivity index is 1.25. The molecule has 6 rings (SSSR count). The average Bonchev–Trinajstić information content (AvgIpc) is 3.47. The fourth-order valence-electron chi connectivity index (χ4n) is 5.55. The Labute approximate surface area is 238 Å². The first-order chi connectivity index (χ1) is 19.3. The second-order valence-electron chi connectivity index (χ2n) is 10.4. The van der Waals surface area contributed by atoms with E-state index >= 15 is 0 Å². The Morgan fingerprint density at radius 3 is 2.52 bits per heavy atom. The number of aromatic nitrogens is 2. The molecule has 10 nitrogen and oxygen atoms in total. The number of likely N-dealkylation sites (N-methyl/N-ethyl adjacent to an activating group) is 1. The van der Waals surface area contributed by atoms with E-state index in [9.17, 15) is 13.2 Å². The van der Waals surface area contributed by atoms with Gasteiger partial charge in [0.2, 0.25) is 15.8 Å². The lowest BCUT2D eigenvalue weighted by molar-refractivity contribution is 0.205. The highest BCUT2D eigenvalue weighted by Gasteiger charge is 2.32. The molecule has 3 aromatic rings. The van der Waals surface area contributed by atoms with Crippen LogP contribution in [0.3, 0.4) is 0 Å². The number of halogens is 1. The summed E-state index contributed by atoms with van der Waals surface area (Å²) in [7, 11) is -1.76. The van der Waals surface area contributed by atoms with Crippen molar-refractivity contribution in [2.45, 2.75) is 36.7 Å². The molecule has 0 N–H and O–H groups in total. The number of anilines is 2. The van der Waals surface area contributed by atoms with Crippen molar-refractivity contribution in [1.29, 1.82) is 0 Å². The molecule has 0 unspecified atom stereocenters. The minimum atomic E-state index is -3.72. The van der Waals surface area contributed by atoms with Crippen molar-refractivity contribution in [3.05, 3.63) is 64.0 Å². The van der Waals surface area contributed by atoms with Crippen LogP contribution in [0.25, 0.3) is 5.69 Å². The van der Waals surface area contributed by atoms with E-state index in [0.717, 1.165) is 37.9 Å². The van der Waals surface area contributed by atoms with Crippen LogP contribution in [0.15, 0.2) is 58.4 Å². The Bertz CT molecular complexity index is 1570. The van der Waals surface area contributed by atoms with Crippen LogP contribution in [-0.2, 0) is 10.0 Å². The summed E-state index contributed by atoms with van der Waals surface area (Å²) in [6.07, 6.45) is 5.51. The fourth-order valence-corrected chi connectivity index (χ4v) is 7.17. The van der Waals surface area contributed by atoms with Crippen LogP contribution in [0.2, 0.25) is 5.02 Å². The van der Waals surface area contributed by atoms with Crippen molar-refractivity contribution in [3.8, 4) is 17.2 Å². The highest BCUT2D eigenvalue weighted by Crippen LogP contribution is 2.35. The fraction of sp³-hybridized carbons (Fsp3) is 0.429. The van der Waals surface area contributed by atoms with Gasteiger partial charge in [0, 0.05) is 44.3 Å². The highest BCUT2D eigenvalue weighted by molar-refractivity contribution is 7.89. The number of sulfonamides is 1. The molecule has 0 atom stereocenters. The molecular weight excluding hydrogens is 554 g/mol. The normalized spacial score (nSPS) is 18.4. The van der Waals surface area contributed by atoms with E-state index in [1.54, 1.807) is 48.7 Å². The van der Waals surface area contributed by atoms with Crippen LogP contribution in [0, 0.1) is 0 Å². The zero-order valence-electron chi connectivity index (χ0n) is 22.3. The maximum atomic E-state index is 13.7. The molecule has 1 aliphatic carbocycles. The predicted molar refractivity (Wildman–Crippen MR) is 154 cm³/mol. The van der Waals surface area contributed by atoms with Crippen molar-refractivity contribution in [3.63, 3.8) is 0 Å². The molecule has 0 amide bonds. The van der Waals surface area contributed by atoms with E-state index in [4.69, 9.17) is 21.1 Å². The third kappa shape index (κ3) is 5.13. The van der Waals surface area contributed by atoms with Crippen molar-refractivity contribution < 1.29 is 17.9 Å². The van der Waals surface area contributed by atoms with Crippen molar-refractivity contribution in [2.24, 2.45) is 0 Å². The molecule has 2 aliphatic heterocycles. The molecule has 2 aromatic carbocycles. The van der Waals surface area contributed by atoms with Gasteiger partial charge in [-0.15, -0.1) is 0 Å². The third-order valence-electron chi connectivity index (χ3n) is 7.80. The number of ether oxygens (including phenoxy) is 2. The summed E-state index contributed by atoms with van der Waals surface area (Å²) in [4.78, 5) is 17.9. The summed E-state index contributed by atoms with van der Waals surface area (Å²) in [6, 6.07) is 12.0. The van der Waals surface area contributed by atoms with E-state index in [1.807, 2.05) is 16.8 Å². The van der Waals surface area contributed by atoms with Gasteiger partial charge in [-0.1, -0.05) is 17.7 Å². The molecule has 12 heteroatoms. The zero-order chi connectivity index (χ0) is 27.9. The highest BCUT2D eigenvalue weighted by atomic mass is 35.5. The Hall–Kier alpha value is -3.28. The number of piperazine rings is 1. The van der Waals surface area contributed by atoms with Gasteiger partial charge < -0.3 is 19.3 Å². The minimum Gasteiger partial charge on any atom is -0.490 e. The largest absolute Gasteiger partial charge is 0.490 e. The van der Waals surface area contributed by atoms with E-state index in [1.165, 1.54) is 8.99 Å². The van der Waals surface area contributed by atoms with Crippen LogP contribution in [0.5, 0.6) is 11.5 Å². The minimum absolute atomic E-state index is 0.0337. The second-order valence-corrected chi connectivity index (χ2v) is 12.7. The van der Waals surface area contributed by atoms with E-state index in [-0.39, 0.29) is 35.4 Å². The van der Waals surface area contributed by atoms with Gasteiger partial charge in [0.1, 0.15) is 18.0 Å². The number of fused-ring (bicyclic) bond motifs is 1. The predicted octanol–water partition coefficient (Wildman–Crippen LogP) is 3.55. The van der Waals surface area contributed by atoms with Crippen LogP contribution in [0.4, 0.5) is 11.4 Å². The summed E-state index contributed by atoms with van der Waals surface area (Å²) >= 11 is 6.17. The molecule has 1 saturated carbocycles. The number of hydrogen-bond donors (Lipinski definition) is 0. The van der Waals surface area contributed by atoms with E-state index in [0.29, 0.717) is 41.8 Å². The van der Waals surface area contributed by atoms with Crippen molar-refractivity contribution in [2.75, 3.05) is 56.2 Å². The molecule has 0 bridgehead atoms. The first-order valence-electron chi connectivity index (χ1n) is 13.6. The topological polar surface area (TPSA) is 97.2 Å². The van der Waals surface area contributed by atoms with Gasteiger partial charge in [0.25, 0.3) is 0 Å². The molecule has 1 aromatic heterocycles. The molecule has 0 radical (unpaired) electrons. The molecule has 0 spiro atoms. The molecule has 212 valence electrons. The van der Waals surface area contributed by atoms with Crippen LogP contribution in [0.1, 0.15) is 25.7 Å². The first kappa shape index (κ1) is 26.9. The quantitative estimate of drug-likeness (QED) is 0.433. The summed E-state index contributed by atoms with van der Waals surface area (Å²) in [5.74, 6) is 0.822. The summed E-state index contributed by atoms with van der Waals surface area (Å²) in [5.41, 5.74) is 1.65.